The third kappa shape index (κ3) is 4.95. The Morgan fingerprint density at radius 2 is 1.50 bits per heavy atom. The van der Waals surface area contributed by atoms with Gasteiger partial charge in [0.25, 0.3) is 0 Å². The Hall–Kier alpha value is -1.10. The van der Waals surface area contributed by atoms with E-state index in [9.17, 15) is 9.59 Å². The second kappa shape index (κ2) is 8.84. The molecule has 1 unspecified atom stereocenters. The molecule has 0 spiro atoms. The maximum atomic E-state index is 12.5. The summed E-state index contributed by atoms with van der Waals surface area (Å²) in [5, 5.41) is 3.36. The number of nitrogens with zero attached hydrogens (tertiary/aromatic N) is 2. The predicted molar refractivity (Wildman–Crippen MR) is 94.6 cm³/mol. The Balaban J connectivity index is 1.35. The molecule has 1 saturated carbocycles. The smallest absolute Gasteiger partial charge is 0.222 e. The van der Waals surface area contributed by atoms with Gasteiger partial charge < -0.3 is 15.1 Å². The molecule has 0 aromatic rings. The highest BCUT2D eigenvalue weighted by Gasteiger charge is 2.26. The highest BCUT2D eigenvalue weighted by Crippen LogP contribution is 2.27. The van der Waals surface area contributed by atoms with E-state index in [1.807, 2.05) is 9.80 Å². The van der Waals surface area contributed by atoms with Gasteiger partial charge in [-0.15, -0.1) is 0 Å². The summed E-state index contributed by atoms with van der Waals surface area (Å²) in [7, 11) is 0. The van der Waals surface area contributed by atoms with Crippen LogP contribution in [0.4, 0.5) is 0 Å². The molecule has 2 saturated heterocycles. The minimum atomic E-state index is 0.279. The van der Waals surface area contributed by atoms with Gasteiger partial charge in [-0.05, 0) is 50.6 Å². The van der Waals surface area contributed by atoms with Crippen molar-refractivity contribution in [3.8, 4) is 0 Å². The van der Waals surface area contributed by atoms with Gasteiger partial charge in [0.05, 0.1) is 0 Å². The van der Waals surface area contributed by atoms with Crippen molar-refractivity contribution < 1.29 is 9.59 Å². The van der Waals surface area contributed by atoms with Gasteiger partial charge >= 0.3 is 0 Å². The van der Waals surface area contributed by atoms with E-state index in [-0.39, 0.29) is 5.91 Å². The minimum absolute atomic E-state index is 0.279. The van der Waals surface area contributed by atoms with Crippen molar-refractivity contribution in [2.45, 2.75) is 57.8 Å². The van der Waals surface area contributed by atoms with Gasteiger partial charge in [0.1, 0.15) is 0 Å². The summed E-state index contributed by atoms with van der Waals surface area (Å²) < 4.78 is 0. The molecule has 3 rings (SSSR count). The number of carbonyl (C=O) groups is 2. The van der Waals surface area contributed by atoms with E-state index in [2.05, 4.69) is 5.32 Å². The second-order valence-electron chi connectivity index (χ2n) is 7.87. The summed E-state index contributed by atoms with van der Waals surface area (Å²) in [4.78, 5) is 28.8. The van der Waals surface area contributed by atoms with E-state index in [1.165, 1.54) is 38.5 Å². The molecule has 1 atom stereocenters. The van der Waals surface area contributed by atoms with Gasteiger partial charge in [0.2, 0.25) is 11.8 Å². The molecule has 5 nitrogen and oxygen atoms in total. The number of piperazine rings is 1. The van der Waals surface area contributed by atoms with Crippen LogP contribution >= 0.6 is 0 Å². The van der Waals surface area contributed by atoms with Gasteiger partial charge in [0.15, 0.2) is 0 Å². The van der Waals surface area contributed by atoms with Crippen molar-refractivity contribution in [1.29, 1.82) is 0 Å². The lowest BCUT2D eigenvalue weighted by Gasteiger charge is -2.36. The standard InChI is InChI=1S/C19H33N3O2/c23-18(7-6-17-8-9-20-15-17)21-10-12-22(13-11-21)19(24)14-16-4-2-1-3-5-16/h16-17,20H,1-15H2. The fourth-order valence-electron chi connectivity index (χ4n) is 4.42. The fourth-order valence-corrected chi connectivity index (χ4v) is 4.42. The monoisotopic (exact) mass is 335 g/mol. The second-order valence-corrected chi connectivity index (χ2v) is 7.87. The van der Waals surface area contributed by atoms with Gasteiger partial charge in [-0.1, -0.05) is 19.3 Å². The molecule has 2 aliphatic heterocycles. The number of hydrogen-bond acceptors (Lipinski definition) is 3. The molecule has 136 valence electrons. The Labute approximate surface area is 146 Å². The Kier molecular flexibility index (Phi) is 6.52. The molecule has 0 aromatic carbocycles. The van der Waals surface area contributed by atoms with Gasteiger partial charge in [-0.25, -0.2) is 0 Å². The van der Waals surface area contributed by atoms with Crippen LogP contribution in [0.5, 0.6) is 0 Å². The molecule has 1 aliphatic carbocycles. The van der Waals surface area contributed by atoms with Crippen molar-refractivity contribution in [3.63, 3.8) is 0 Å². The van der Waals surface area contributed by atoms with Gasteiger partial charge in [0, 0.05) is 39.0 Å². The third-order valence-corrected chi connectivity index (χ3v) is 6.10. The van der Waals surface area contributed by atoms with Crippen molar-refractivity contribution in [1.82, 2.24) is 15.1 Å². The highest BCUT2D eigenvalue weighted by molar-refractivity contribution is 5.78. The number of carbonyl (C=O) groups excluding carboxylic acids is 2. The topological polar surface area (TPSA) is 52.7 Å². The van der Waals surface area contributed by atoms with E-state index in [0.29, 0.717) is 24.2 Å². The van der Waals surface area contributed by atoms with Gasteiger partial charge in [-0.2, -0.15) is 0 Å². The molecule has 3 fully saturated rings. The first-order valence-corrected chi connectivity index (χ1v) is 9.98. The summed E-state index contributed by atoms with van der Waals surface area (Å²) in [6.45, 7) is 5.05. The van der Waals surface area contributed by atoms with Crippen LogP contribution in [0.2, 0.25) is 0 Å². The summed E-state index contributed by atoms with van der Waals surface area (Å²) in [5.41, 5.74) is 0. The maximum Gasteiger partial charge on any atom is 0.222 e. The normalized spacial score (nSPS) is 25.9. The summed E-state index contributed by atoms with van der Waals surface area (Å²) in [5.74, 6) is 1.87. The molecule has 5 heteroatoms. The SMILES string of the molecule is O=C(CCC1CCNC1)N1CCN(C(=O)CC2CCCCC2)CC1. The van der Waals surface area contributed by atoms with Crippen LogP contribution in [0.25, 0.3) is 0 Å². The molecule has 2 heterocycles. The molecular weight excluding hydrogens is 302 g/mol. The number of hydrogen-bond donors (Lipinski definition) is 1. The van der Waals surface area contributed by atoms with Crippen molar-refractivity contribution in [3.05, 3.63) is 0 Å². The lowest BCUT2D eigenvalue weighted by atomic mass is 9.86. The summed E-state index contributed by atoms with van der Waals surface area (Å²) in [6, 6.07) is 0. The van der Waals surface area contributed by atoms with E-state index in [4.69, 9.17) is 0 Å². The third-order valence-electron chi connectivity index (χ3n) is 6.10. The molecule has 0 bridgehead atoms. The summed E-state index contributed by atoms with van der Waals surface area (Å²) in [6.07, 6.45) is 9.96. The molecule has 2 amide bonds. The molecule has 3 aliphatic rings. The number of nitrogens with one attached hydrogen (secondary N) is 1. The highest BCUT2D eigenvalue weighted by atomic mass is 16.2. The van der Waals surface area contributed by atoms with Crippen LogP contribution in [-0.2, 0) is 9.59 Å². The maximum absolute atomic E-state index is 12.5. The largest absolute Gasteiger partial charge is 0.339 e. The first-order valence-electron chi connectivity index (χ1n) is 9.98. The van der Waals surface area contributed by atoms with E-state index in [0.717, 1.165) is 52.1 Å². The molecule has 1 N–H and O–H groups in total. The van der Waals surface area contributed by atoms with Gasteiger partial charge in [-0.3, -0.25) is 9.59 Å². The number of rotatable bonds is 5. The van der Waals surface area contributed by atoms with Crippen LogP contribution in [-0.4, -0.2) is 60.9 Å². The molecule has 0 aromatic heterocycles. The van der Waals surface area contributed by atoms with Crippen LogP contribution in [0.3, 0.4) is 0 Å². The van der Waals surface area contributed by atoms with Crippen molar-refractivity contribution in [2.24, 2.45) is 11.8 Å². The van der Waals surface area contributed by atoms with Crippen LogP contribution in [0, 0.1) is 11.8 Å². The molecule has 0 radical (unpaired) electrons. The van der Waals surface area contributed by atoms with Crippen LogP contribution in [0.1, 0.15) is 57.8 Å². The number of amides is 2. The quantitative estimate of drug-likeness (QED) is 0.836. The Morgan fingerprint density at radius 3 is 2.12 bits per heavy atom. The van der Waals surface area contributed by atoms with Crippen LogP contribution < -0.4 is 5.32 Å². The summed E-state index contributed by atoms with van der Waals surface area (Å²) >= 11 is 0. The minimum Gasteiger partial charge on any atom is -0.339 e. The zero-order valence-corrected chi connectivity index (χ0v) is 15.0. The Morgan fingerprint density at radius 1 is 0.833 bits per heavy atom. The lowest BCUT2D eigenvalue weighted by Crippen LogP contribution is -2.50. The fraction of sp³-hybridized carbons (Fsp3) is 0.895. The van der Waals surface area contributed by atoms with E-state index >= 15 is 0 Å². The zero-order valence-electron chi connectivity index (χ0n) is 15.0. The van der Waals surface area contributed by atoms with Crippen molar-refractivity contribution >= 4 is 11.8 Å². The Bertz CT molecular complexity index is 420. The van der Waals surface area contributed by atoms with Crippen molar-refractivity contribution in [2.75, 3.05) is 39.3 Å². The molecule has 24 heavy (non-hydrogen) atoms. The first kappa shape index (κ1) is 17.7. The zero-order chi connectivity index (χ0) is 16.8. The average molecular weight is 335 g/mol. The lowest BCUT2D eigenvalue weighted by molar-refractivity contribution is -0.140. The van der Waals surface area contributed by atoms with Crippen LogP contribution in [0.15, 0.2) is 0 Å². The molecular formula is C19H33N3O2. The average Bonchev–Trinajstić information content (AvgIpc) is 3.14. The van der Waals surface area contributed by atoms with E-state index in [1.54, 1.807) is 0 Å². The van der Waals surface area contributed by atoms with E-state index < -0.39 is 0 Å². The first-order chi connectivity index (χ1) is 11.7. The predicted octanol–water partition coefficient (Wildman–Crippen LogP) is 2.02.